The van der Waals surface area contributed by atoms with Gasteiger partial charge < -0.3 is 0 Å². The van der Waals surface area contributed by atoms with Crippen molar-refractivity contribution < 1.29 is 0 Å². The Hall–Kier alpha value is -1.60. The van der Waals surface area contributed by atoms with E-state index in [1.807, 2.05) is 30.3 Å². The standard InChI is InChI=1S/C16H13Br/c17-16-12-6-11-15(13-16)10-5-4-9-14-7-2-1-3-8-14/h1-13H/b9-4+,10-5+. The van der Waals surface area contributed by atoms with Crippen molar-refractivity contribution >= 4 is 28.1 Å². The smallest absolute Gasteiger partial charge is 0.0181 e. The van der Waals surface area contributed by atoms with Gasteiger partial charge in [-0.25, -0.2) is 0 Å². The van der Waals surface area contributed by atoms with Gasteiger partial charge in [0.05, 0.1) is 0 Å². The van der Waals surface area contributed by atoms with E-state index in [9.17, 15) is 0 Å². The first-order chi connectivity index (χ1) is 8.34. The molecule has 0 atom stereocenters. The predicted molar refractivity (Wildman–Crippen MR) is 78.7 cm³/mol. The van der Waals surface area contributed by atoms with Gasteiger partial charge in [0.2, 0.25) is 0 Å². The average molecular weight is 285 g/mol. The van der Waals surface area contributed by atoms with E-state index in [1.165, 1.54) is 11.1 Å². The van der Waals surface area contributed by atoms with E-state index in [-0.39, 0.29) is 0 Å². The number of halogens is 1. The largest absolute Gasteiger partial charge is 0.0622 e. The van der Waals surface area contributed by atoms with E-state index in [0.29, 0.717) is 0 Å². The summed E-state index contributed by atoms with van der Waals surface area (Å²) in [4.78, 5) is 0. The molecule has 0 bridgehead atoms. The van der Waals surface area contributed by atoms with Crippen molar-refractivity contribution in [2.75, 3.05) is 0 Å². The molecule has 84 valence electrons. The molecule has 2 aromatic carbocycles. The predicted octanol–water partition coefficient (Wildman–Crippen LogP) is 5.18. The third-order valence-electron chi connectivity index (χ3n) is 2.34. The van der Waals surface area contributed by atoms with Gasteiger partial charge in [-0.15, -0.1) is 0 Å². The number of rotatable bonds is 3. The minimum atomic E-state index is 1.10. The van der Waals surface area contributed by atoms with E-state index < -0.39 is 0 Å². The van der Waals surface area contributed by atoms with Crippen molar-refractivity contribution in [2.24, 2.45) is 0 Å². The van der Waals surface area contributed by atoms with Crippen molar-refractivity contribution in [3.63, 3.8) is 0 Å². The van der Waals surface area contributed by atoms with Gasteiger partial charge in [-0.05, 0) is 23.3 Å². The Bertz CT molecular complexity index is 524. The SMILES string of the molecule is Brc1cccc(/C=C/C=C/c2ccccc2)c1. The molecule has 17 heavy (non-hydrogen) atoms. The lowest BCUT2D eigenvalue weighted by Crippen LogP contribution is -1.70. The summed E-state index contributed by atoms with van der Waals surface area (Å²) in [6.45, 7) is 0. The fraction of sp³-hybridized carbons (Fsp3) is 0. The van der Waals surface area contributed by atoms with Crippen LogP contribution in [0.4, 0.5) is 0 Å². The minimum Gasteiger partial charge on any atom is -0.0622 e. The summed E-state index contributed by atoms with van der Waals surface area (Å²) in [6.07, 6.45) is 8.28. The molecule has 0 aliphatic rings. The van der Waals surface area contributed by atoms with Crippen molar-refractivity contribution in [2.45, 2.75) is 0 Å². The van der Waals surface area contributed by atoms with E-state index in [0.717, 1.165) is 4.47 Å². The molecule has 0 saturated carbocycles. The molecule has 0 aliphatic heterocycles. The van der Waals surface area contributed by atoms with Crippen LogP contribution in [-0.4, -0.2) is 0 Å². The number of hydrogen-bond acceptors (Lipinski definition) is 0. The molecule has 0 nitrogen and oxygen atoms in total. The second-order valence-corrected chi connectivity index (χ2v) is 4.60. The highest BCUT2D eigenvalue weighted by molar-refractivity contribution is 9.10. The Kier molecular flexibility index (Phi) is 4.34. The molecule has 2 rings (SSSR count). The highest BCUT2D eigenvalue weighted by atomic mass is 79.9. The maximum atomic E-state index is 3.46. The third-order valence-corrected chi connectivity index (χ3v) is 2.83. The molecule has 0 N–H and O–H groups in total. The van der Waals surface area contributed by atoms with Gasteiger partial charge in [-0.3, -0.25) is 0 Å². The second-order valence-electron chi connectivity index (χ2n) is 3.68. The first-order valence-corrected chi connectivity index (χ1v) is 6.29. The monoisotopic (exact) mass is 284 g/mol. The minimum absolute atomic E-state index is 1.10. The zero-order valence-electron chi connectivity index (χ0n) is 9.38. The molecule has 0 spiro atoms. The maximum Gasteiger partial charge on any atom is 0.0181 e. The van der Waals surface area contributed by atoms with Gasteiger partial charge in [0.1, 0.15) is 0 Å². The van der Waals surface area contributed by atoms with Gasteiger partial charge in [0, 0.05) is 4.47 Å². The summed E-state index contributed by atoms with van der Waals surface area (Å²) in [6, 6.07) is 18.5. The number of hydrogen-bond donors (Lipinski definition) is 0. The van der Waals surface area contributed by atoms with Crippen LogP contribution in [-0.2, 0) is 0 Å². The van der Waals surface area contributed by atoms with Crippen LogP contribution in [0.5, 0.6) is 0 Å². The van der Waals surface area contributed by atoms with Crippen LogP contribution in [0.1, 0.15) is 11.1 Å². The van der Waals surface area contributed by atoms with Crippen LogP contribution in [0.2, 0.25) is 0 Å². The van der Waals surface area contributed by atoms with Crippen molar-refractivity contribution in [1.29, 1.82) is 0 Å². The van der Waals surface area contributed by atoms with Crippen LogP contribution < -0.4 is 0 Å². The average Bonchev–Trinajstić information content (AvgIpc) is 2.36. The topological polar surface area (TPSA) is 0 Å². The first-order valence-electron chi connectivity index (χ1n) is 5.50. The molecule has 0 heterocycles. The Morgan fingerprint density at radius 3 is 2.06 bits per heavy atom. The van der Waals surface area contributed by atoms with Crippen LogP contribution in [0.15, 0.2) is 71.2 Å². The van der Waals surface area contributed by atoms with Gasteiger partial charge in [-0.1, -0.05) is 82.7 Å². The zero-order valence-corrected chi connectivity index (χ0v) is 11.0. The molecule has 0 saturated heterocycles. The summed E-state index contributed by atoms with van der Waals surface area (Å²) in [5.74, 6) is 0. The summed E-state index contributed by atoms with van der Waals surface area (Å²) >= 11 is 3.46. The summed E-state index contributed by atoms with van der Waals surface area (Å²) < 4.78 is 1.10. The normalized spacial score (nSPS) is 11.4. The lowest BCUT2D eigenvalue weighted by molar-refractivity contribution is 1.61. The zero-order chi connectivity index (χ0) is 11.9. The molecule has 0 aromatic heterocycles. The van der Waals surface area contributed by atoms with Crippen LogP contribution >= 0.6 is 15.9 Å². The lowest BCUT2D eigenvalue weighted by atomic mass is 10.2. The maximum absolute atomic E-state index is 3.46. The van der Waals surface area contributed by atoms with Crippen molar-refractivity contribution in [1.82, 2.24) is 0 Å². The van der Waals surface area contributed by atoms with E-state index >= 15 is 0 Å². The summed E-state index contributed by atoms with van der Waals surface area (Å²) in [7, 11) is 0. The Morgan fingerprint density at radius 1 is 0.706 bits per heavy atom. The third kappa shape index (κ3) is 4.04. The number of benzene rings is 2. The fourth-order valence-corrected chi connectivity index (χ4v) is 1.92. The first kappa shape index (κ1) is 11.9. The molecule has 1 heteroatoms. The van der Waals surface area contributed by atoms with Crippen molar-refractivity contribution in [3.05, 3.63) is 82.3 Å². The fourth-order valence-electron chi connectivity index (χ4n) is 1.51. The molecule has 0 fully saturated rings. The van der Waals surface area contributed by atoms with Gasteiger partial charge in [0.15, 0.2) is 0 Å². The molecule has 0 aliphatic carbocycles. The van der Waals surface area contributed by atoms with E-state index in [1.54, 1.807) is 0 Å². The number of allylic oxidation sites excluding steroid dienone is 2. The van der Waals surface area contributed by atoms with E-state index in [2.05, 4.69) is 64.5 Å². The highest BCUT2D eigenvalue weighted by Gasteiger charge is 1.87. The Morgan fingerprint density at radius 2 is 1.35 bits per heavy atom. The van der Waals surface area contributed by atoms with Gasteiger partial charge >= 0.3 is 0 Å². The van der Waals surface area contributed by atoms with Gasteiger partial charge in [0.25, 0.3) is 0 Å². The highest BCUT2D eigenvalue weighted by Crippen LogP contribution is 2.12. The molecule has 0 amide bonds. The molecular weight excluding hydrogens is 272 g/mol. The molecular formula is C16H13Br. The Balaban J connectivity index is 2.01. The molecule has 2 aromatic rings. The van der Waals surface area contributed by atoms with Crippen LogP contribution in [0.3, 0.4) is 0 Å². The van der Waals surface area contributed by atoms with Crippen molar-refractivity contribution in [3.8, 4) is 0 Å². The van der Waals surface area contributed by atoms with Crippen LogP contribution in [0, 0.1) is 0 Å². The second kappa shape index (κ2) is 6.21. The lowest BCUT2D eigenvalue weighted by Gasteiger charge is -1.93. The molecule has 0 unspecified atom stereocenters. The molecule has 0 radical (unpaired) electrons. The Labute approximate surface area is 110 Å². The van der Waals surface area contributed by atoms with Gasteiger partial charge in [-0.2, -0.15) is 0 Å². The van der Waals surface area contributed by atoms with E-state index in [4.69, 9.17) is 0 Å². The van der Waals surface area contributed by atoms with Crippen LogP contribution in [0.25, 0.3) is 12.2 Å². The summed E-state index contributed by atoms with van der Waals surface area (Å²) in [5, 5.41) is 0. The summed E-state index contributed by atoms with van der Waals surface area (Å²) in [5.41, 5.74) is 2.41. The quantitative estimate of drug-likeness (QED) is 0.682.